The molecule has 52 heavy (non-hydrogen) atoms. The highest BCUT2D eigenvalue weighted by atomic mass is 15.0. The maximum absolute atomic E-state index is 5.31. The second-order valence-electron chi connectivity index (χ2n) is 15.6. The van der Waals surface area contributed by atoms with Gasteiger partial charge >= 0.3 is 0 Å². The largest absolute Gasteiger partial charge is 0.208 e. The molecule has 0 radical (unpaired) electrons. The van der Waals surface area contributed by atoms with Gasteiger partial charge in [-0.1, -0.05) is 149 Å². The van der Waals surface area contributed by atoms with Crippen molar-refractivity contribution in [2.45, 2.75) is 38.5 Å². The molecule has 11 rings (SSSR count). The molecule has 0 spiro atoms. The van der Waals surface area contributed by atoms with Crippen LogP contribution in [0.1, 0.15) is 49.9 Å². The van der Waals surface area contributed by atoms with E-state index in [1.54, 1.807) is 0 Å². The molecule has 0 atom stereocenters. The number of aromatic nitrogens is 3. The summed E-state index contributed by atoms with van der Waals surface area (Å²) in [5.41, 5.74) is 18.3. The first kappa shape index (κ1) is 29.5. The Bertz CT molecular complexity index is 2700. The van der Waals surface area contributed by atoms with Gasteiger partial charge in [-0.15, -0.1) is 0 Å². The van der Waals surface area contributed by atoms with Gasteiger partial charge in [-0.2, -0.15) is 0 Å². The van der Waals surface area contributed by atoms with Crippen LogP contribution in [-0.4, -0.2) is 15.0 Å². The topological polar surface area (TPSA) is 38.7 Å². The van der Waals surface area contributed by atoms with E-state index in [-0.39, 0.29) is 10.8 Å². The molecule has 8 aromatic rings. The van der Waals surface area contributed by atoms with Crippen LogP contribution in [0.5, 0.6) is 0 Å². The number of nitrogens with zero attached hydrogens (tertiary/aromatic N) is 3. The maximum atomic E-state index is 5.31. The van der Waals surface area contributed by atoms with E-state index in [2.05, 4.69) is 167 Å². The van der Waals surface area contributed by atoms with Crippen molar-refractivity contribution in [2.75, 3.05) is 0 Å². The molecule has 0 saturated carbocycles. The minimum Gasteiger partial charge on any atom is -0.208 e. The van der Waals surface area contributed by atoms with E-state index < -0.39 is 0 Å². The second kappa shape index (κ2) is 10.2. The zero-order valence-electron chi connectivity index (χ0n) is 29.6. The van der Waals surface area contributed by atoms with Crippen molar-refractivity contribution in [1.29, 1.82) is 0 Å². The predicted molar refractivity (Wildman–Crippen MR) is 213 cm³/mol. The average molecular weight is 666 g/mol. The van der Waals surface area contributed by atoms with Crippen LogP contribution in [0.3, 0.4) is 0 Å². The molecule has 0 aliphatic heterocycles. The fourth-order valence-corrected chi connectivity index (χ4v) is 9.44. The van der Waals surface area contributed by atoms with Crippen LogP contribution in [0.2, 0.25) is 0 Å². The van der Waals surface area contributed by atoms with Gasteiger partial charge in [0.2, 0.25) is 0 Å². The van der Waals surface area contributed by atoms with Gasteiger partial charge < -0.3 is 0 Å². The van der Waals surface area contributed by atoms with E-state index in [1.807, 2.05) is 0 Å². The van der Waals surface area contributed by atoms with E-state index in [9.17, 15) is 0 Å². The molecule has 246 valence electrons. The van der Waals surface area contributed by atoms with Crippen molar-refractivity contribution in [3.63, 3.8) is 0 Å². The normalized spacial score (nSPS) is 14.8. The summed E-state index contributed by atoms with van der Waals surface area (Å²) >= 11 is 0. The third-order valence-electron chi connectivity index (χ3n) is 12.1. The summed E-state index contributed by atoms with van der Waals surface area (Å²) in [7, 11) is 0. The van der Waals surface area contributed by atoms with Crippen LogP contribution in [0.25, 0.3) is 89.4 Å². The van der Waals surface area contributed by atoms with E-state index >= 15 is 0 Å². The minimum atomic E-state index is -0.131. The Morgan fingerprint density at radius 3 is 1.29 bits per heavy atom. The van der Waals surface area contributed by atoms with Crippen molar-refractivity contribution in [1.82, 2.24) is 15.0 Å². The highest BCUT2D eigenvalue weighted by Gasteiger charge is 2.37. The van der Waals surface area contributed by atoms with Crippen molar-refractivity contribution >= 4 is 10.8 Å². The molecule has 0 bridgehead atoms. The summed E-state index contributed by atoms with van der Waals surface area (Å²) in [4.78, 5) is 15.9. The van der Waals surface area contributed by atoms with E-state index in [0.717, 1.165) is 22.1 Å². The van der Waals surface area contributed by atoms with Crippen LogP contribution in [0.4, 0.5) is 0 Å². The van der Waals surface area contributed by atoms with Crippen molar-refractivity contribution in [2.24, 2.45) is 0 Å². The quantitative estimate of drug-likeness (QED) is 0.188. The summed E-state index contributed by atoms with van der Waals surface area (Å²) in [6.07, 6.45) is 0. The maximum Gasteiger partial charge on any atom is 0.164 e. The zero-order chi connectivity index (χ0) is 34.9. The van der Waals surface area contributed by atoms with E-state index in [1.165, 1.54) is 72.1 Å². The van der Waals surface area contributed by atoms with Crippen molar-refractivity contribution in [3.05, 3.63) is 162 Å². The third kappa shape index (κ3) is 3.88. The molecule has 1 aromatic heterocycles. The number of hydrogen-bond donors (Lipinski definition) is 0. The first-order valence-electron chi connectivity index (χ1n) is 18.2. The average Bonchev–Trinajstić information content (AvgIpc) is 3.72. The molecular formula is C49H35N3. The van der Waals surface area contributed by atoms with E-state index in [0.29, 0.717) is 17.5 Å². The van der Waals surface area contributed by atoms with Crippen LogP contribution >= 0.6 is 0 Å². The van der Waals surface area contributed by atoms with Crippen molar-refractivity contribution in [3.8, 4) is 78.7 Å². The lowest BCUT2D eigenvalue weighted by molar-refractivity contribution is 0.660. The lowest BCUT2D eigenvalue weighted by Gasteiger charge is -2.22. The van der Waals surface area contributed by atoms with Crippen molar-refractivity contribution < 1.29 is 0 Å². The van der Waals surface area contributed by atoms with Gasteiger partial charge in [-0.25, -0.2) is 15.0 Å². The molecule has 0 saturated heterocycles. The molecule has 3 aliphatic carbocycles. The highest BCUT2D eigenvalue weighted by Crippen LogP contribution is 2.52. The highest BCUT2D eigenvalue weighted by molar-refractivity contribution is 6.18. The molecule has 0 fully saturated rings. The van der Waals surface area contributed by atoms with Crippen LogP contribution in [-0.2, 0) is 10.8 Å². The first-order chi connectivity index (χ1) is 25.3. The molecular weight excluding hydrogens is 631 g/mol. The monoisotopic (exact) mass is 665 g/mol. The number of hydrogen-bond acceptors (Lipinski definition) is 3. The van der Waals surface area contributed by atoms with Gasteiger partial charge in [-0.05, 0) is 95.7 Å². The Labute approximate surface area is 303 Å². The molecule has 7 aromatic carbocycles. The molecule has 0 amide bonds. The van der Waals surface area contributed by atoms with Gasteiger partial charge in [-0.3, -0.25) is 0 Å². The first-order valence-corrected chi connectivity index (χ1v) is 18.2. The van der Waals surface area contributed by atoms with Gasteiger partial charge in [0.05, 0.1) is 0 Å². The summed E-state index contributed by atoms with van der Waals surface area (Å²) in [5, 5.41) is 2.42. The Kier molecular flexibility index (Phi) is 5.79. The predicted octanol–water partition coefficient (Wildman–Crippen LogP) is 12.3. The zero-order valence-corrected chi connectivity index (χ0v) is 29.6. The Balaban J connectivity index is 1.13. The van der Waals surface area contributed by atoms with Crippen LogP contribution < -0.4 is 0 Å². The van der Waals surface area contributed by atoms with Gasteiger partial charge in [0.1, 0.15) is 0 Å². The molecule has 0 unspecified atom stereocenters. The summed E-state index contributed by atoms with van der Waals surface area (Å²) in [6.45, 7) is 9.28. The summed E-state index contributed by atoms with van der Waals surface area (Å²) in [6, 6.07) is 50.8. The van der Waals surface area contributed by atoms with Gasteiger partial charge in [0, 0.05) is 27.5 Å². The SMILES string of the molecule is CC1(C)c2ccccc2-c2ccc(-c3nc(-c4ccc5c(c4)C(C)(C)c4ccccc4-5)nc(-c4ccc5c6c(cccc46)-c4ccccc4-5)n3)cc21. The summed E-state index contributed by atoms with van der Waals surface area (Å²) < 4.78 is 0. The number of rotatable bonds is 3. The van der Waals surface area contributed by atoms with Gasteiger partial charge in [0.15, 0.2) is 17.5 Å². The molecule has 3 aliphatic rings. The Hall–Kier alpha value is -6.19. The number of fused-ring (bicyclic) bond motifs is 9. The Morgan fingerprint density at radius 2 is 0.731 bits per heavy atom. The Morgan fingerprint density at radius 1 is 0.327 bits per heavy atom. The third-order valence-corrected chi connectivity index (χ3v) is 12.1. The van der Waals surface area contributed by atoms with Crippen LogP contribution in [0.15, 0.2) is 140 Å². The van der Waals surface area contributed by atoms with Gasteiger partial charge in [0.25, 0.3) is 0 Å². The fraction of sp³-hybridized carbons (Fsp3) is 0.122. The smallest absolute Gasteiger partial charge is 0.164 e. The second-order valence-corrected chi connectivity index (χ2v) is 15.6. The molecule has 0 N–H and O–H groups in total. The van der Waals surface area contributed by atoms with E-state index in [4.69, 9.17) is 15.0 Å². The molecule has 1 heterocycles. The molecule has 3 nitrogen and oxygen atoms in total. The summed E-state index contributed by atoms with van der Waals surface area (Å²) in [5.74, 6) is 2.05. The minimum absolute atomic E-state index is 0.131. The fourth-order valence-electron chi connectivity index (χ4n) is 9.44. The molecule has 3 heteroatoms. The van der Waals surface area contributed by atoms with Crippen LogP contribution in [0, 0.1) is 0 Å². The number of benzene rings is 7. The standard InChI is InChI=1S/C49H35N3/c1-48(2)40-18-9-7-14-32(40)34-22-20-28(26-42(34)48)45-50-46(29-21-23-35-33-15-8-10-19-41(33)49(3,4)43(35)27-29)52-47(51-45)39-25-24-38-31-13-6-5-12-30(31)36-16-11-17-37(39)44(36)38/h5-27H,1-4H3. The lowest BCUT2D eigenvalue weighted by Crippen LogP contribution is -2.15. The lowest BCUT2D eigenvalue weighted by atomic mass is 9.82.